The number of hydrogen-bond donors (Lipinski definition) is 4. The number of carbonyl (C=O) groups is 2. The van der Waals surface area contributed by atoms with E-state index in [1.54, 1.807) is 12.3 Å². The van der Waals surface area contributed by atoms with Gasteiger partial charge in [0.15, 0.2) is 0 Å². The van der Waals surface area contributed by atoms with E-state index in [4.69, 9.17) is 0 Å². The van der Waals surface area contributed by atoms with Gasteiger partial charge in [0.25, 0.3) is 0 Å². The van der Waals surface area contributed by atoms with Crippen molar-refractivity contribution in [2.24, 2.45) is 0 Å². The maximum Gasteiger partial charge on any atom is 0.315 e. The van der Waals surface area contributed by atoms with Crippen LogP contribution in [0.15, 0.2) is 30.5 Å². The topological polar surface area (TPSA) is 103 Å². The molecule has 3 atom stereocenters. The summed E-state index contributed by atoms with van der Waals surface area (Å²) >= 11 is 1.90. The van der Waals surface area contributed by atoms with E-state index in [1.165, 1.54) is 0 Å². The third kappa shape index (κ3) is 4.01. The van der Waals surface area contributed by atoms with E-state index >= 15 is 0 Å². The van der Waals surface area contributed by atoms with Crippen LogP contribution in [0, 0.1) is 0 Å². The molecule has 7 nitrogen and oxygen atoms in total. The zero-order chi connectivity index (χ0) is 19.5. The summed E-state index contributed by atoms with van der Waals surface area (Å²) in [7, 11) is 0. The lowest BCUT2D eigenvalue weighted by Crippen LogP contribution is -2.36. The molecular weight excluding hydrogens is 376 g/mol. The largest absolute Gasteiger partial charge is 0.506 e. The van der Waals surface area contributed by atoms with Crippen molar-refractivity contribution in [1.29, 1.82) is 0 Å². The van der Waals surface area contributed by atoms with Gasteiger partial charge in [-0.05, 0) is 30.5 Å². The van der Waals surface area contributed by atoms with E-state index in [9.17, 15) is 14.7 Å². The maximum absolute atomic E-state index is 12.2. The van der Waals surface area contributed by atoms with Gasteiger partial charge in [0.1, 0.15) is 11.3 Å². The molecule has 0 saturated carbocycles. The van der Waals surface area contributed by atoms with Gasteiger partial charge in [0, 0.05) is 35.6 Å². The van der Waals surface area contributed by atoms with Crippen molar-refractivity contribution >= 4 is 34.6 Å². The minimum atomic E-state index is -0.0587. The van der Waals surface area contributed by atoms with Crippen molar-refractivity contribution < 1.29 is 14.7 Å². The van der Waals surface area contributed by atoms with E-state index in [0.29, 0.717) is 23.7 Å². The molecule has 2 aliphatic heterocycles. The van der Waals surface area contributed by atoms with Crippen LogP contribution in [-0.2, 0) is 11.3 Å². The summed E-state index contributed by atoms with van der Waals surface area (Å²) in [5.41, 5.74) is 1.49. The van der Waals surface area contributed by atoms with Gasteiger partial charge < -0.3 is 21.1 Å². The molecular formula is C20H24N4O3S. The number of unbranched alkanes of at least 4 members (excludes halogenated alkanes) is 1. The number of aromatic hydroxyl groups is 1. The first kappa shape index (κ1) is 18.9. The van der Waals surface area contributed by atoms with Crippen LogP contribution in [0.25, 0.3) is 10.9 Å². The lowest BCUT2D eigenvalue weighted by molar-refractivity contribution is -0.121. The number of carbonyl (C=O) groups excluding carboxylic acids is 2. The van der Waals surface area contributed by atoms with E-state index < -0.39 is 0 Å². The normalized spacial score (nSPS) is 23.3. The van der Waals surface area contributed by atoms with E-state index in [2.05, 4.69) is 20.9 Å². The van der Waals surface area contributed by atoms with Crippen LogP contribution in [0.2, 0.25) is 0 Å². The van der Waals surface area contributed by atoms with E-state index in [1.807, 2.05) is 30.0 Å². The molecule has 0 radical (unpaired) electrons. The monoisotopic (exact) mass is 400 g/mol. The Morgan fingerprint density at radius 3 is 3.07 bits per heavy atom. The Hall–Kier alpha value is -2.48. The number of amides is 3. The molecule has 0 bridgehead atoms. The van der Waals surface area contributed by atoms with Gasteiger partial charge in [-0.1, -0.05) is 18.6 Å². The van der Waals surface area contributed by atoms with Gasteiger partial charge in [-0.3, -0.25) is 9.78 Å². The zero-order valence-electron chi connectivity index (χ0n) is 15.5. The molecule has 2 aromatic rings. The van der Waals surface area contributed by atoms with E-state index in [-0.39, 0.29) is 29.8 Å². The Kier molecular flexibility index (Phi) is 5.57. The Labute approximate surface area is 167 Å². The van der Waals surface area contributed by atoms with Crippen LogP contribution in [0.3, 0.4) is 0 Å². The molecule has 2 fully saturated rings. The van der Waals surface area contributed by atoms with Crippen LogP contribution in [0.4, 0.5) is 4.79 Å². The number of nitrogens with zero attached hydrogens (tertiary/aromatic N) is 1. The van der Waals surface area contributed by atoms with Crippen molar-refractivity contribution in [3.05, 3.63) is 36.0 Å². The third-order valence-electron chi connectivity index (χ3n) is 5.40. The highest BCUT2D eigenvalue weighted by Crippen LogP contribution is 2.33. The highest BCUT2D eigenvalue weighted by molar-refractivity contribution is 8.00. The fourth-order valence-electron chi connectivity index (χ4n) is 3.93. The number of phenols is 1. The molecule has 3 heterocycles. The predicted octanol–water partition coefficient (Wildman–Crippen LogP) is 2.28. The second-order valence-electron chi connectivity index (χ2n) is 7.29. The number of hydrogen-bond acceptors (Lipinski definition) is 5. The third-order valence-corrected chi connectivity index (χ3v) is 6.90. The van der Waals surface area contributed by atoms with Crippen molar-refractivity contribution in [1.82, 2.24) is 20.9 Å². The standard InChI is InChI=1S/C20H24N4O3S/c25-15-8-7-12(13-4-3-9-21-18(13)15)10-22-17(26)6-2-1-5-16-19-14(11-28-16)23-20(27)24-19/h3-4,7-9,14,16,19,25H,1-2,5-6,10-11H2,(H,22,26)(H2,23,24,27)/t14-,16-,19-/m0/s1. The fourth-order valence-corrected chi connectivity index (χ4v) is 5.47. The SMILES string of the molecule is O=C(CCCC[C@@H]1SC[C@@H]2NC(=O)N[C@@H]21)NCc1ccc(O)c2ncccc12. The molecule has 4 rings (SSSR count). The average Bonchev–Trinajstić information content (AvgIpc) is 3.24. The van der Waals surface area contributed by atoms with E-state index in [0.717, 1.165) is 36.0 Å². The molecule has 1 aromatic carbocycles. The molecule has 148 valence electrons. The van der Waals surface area contributed by atoms with Crippen molar-refractivity contribution in [3.8, 4) is 5.75 Å². The summed E-state index contributed by atoms with van der Waals surface area (Å²) in [5.74, 6) is 1.13. The van der Waals surface area contributed by atoms with Crippen LogP contribution in [-0.4, -0.2) is 45.1 Å². The maximum atomic E-state index is 12.2. The zero-order valence-corrected chi connectivity index (χ0v) is 16.3. The van der Waals surface area contributed by atoms with Crippen LogP contribution < -0.4 is 16.0 Å². The van der Waals surface area contributed by atoms with Gasteiger partial charge in [-0.2, -0.15) is 11.8 Å². The summed E-state index contributed by atoms with van der Waals surface area (Å²) in [5, 5.41) is 20.1. The molecule has 8 heteroatoms. The predicted molar refractivity (Wildman–Crippen MR) is 109 cm³/mol. The highest BCUT2D eigenvalue weighted by Gasteiger charge is 2.42. The Bertz CT molecular complexity index is 891. The van der Waals surface area contributed by atoms with Gasteiger partial charge in [0.2, 0.25) is 5.91 Å². The molecule has 0 aliphatic carbocycles. The minimum absolute atomic E-state index is 0.0258. The molecule has 0 spiro atoms. The minimum Gasteiger partial charge on any atom is -0.506 e. The van der Waals surface area contributed by atoms with Crippen LogP contribution in [0.5, 0.6) is 5.75 Å². The molecule has 2 saturated heterocycles. The van der Waals surface area contributed by atoms with Crippen molar-refractivity contribution in [3.63, 3.8) is 0 Å². The molecule has 2 aliphatic rings. The first-order chi connectivity index (χ1) is 13.6. The van der Waals surface area contributed by atoms with Gasteiger partial charge >= 0.3 is 6.03 Å². The summed E-state index contributed by atoms with van der Waals surface area (Å²) in [4.78, 5) is 27.8. The number of phenolic OH excluding ortho intramolecular Hbond substituents is 1. The number of rotatable bonds is 7. The van der Waals surface area contributed by atoms with Crippen molar-refractivity contribution in [2.75, 3.05) is 5.75 Å². The number of thioether (sulfide) groups is 1. The summed E-state index contributed by atoms with van der Waals surface area (Å²) in [6.07, 6.45) is 4.94. The van der Waals surface area contributed by atoms with Gasteiger partial charge in [-0.25, -0.2) is 4.79 Å². The van der Waals surface area contributed by atoms with Crippen LogP contribution in [0.1, 0.15) is 31.2 Å². The molecule has 4 N–H and O–H groups in total. The molecule has 1 aromatic heterocycles. The summed E-state index contributed by atoms with van der Waals surface area (Å²) in [6, 6.07) is 7.56. The Morgan fingerprint density at radius 1 is 1.29 bits per heavy atom. The Morgan fingerprint density at radius 2 is 2.18 bits per heavy atom. The van der Waals surface area contributed by atoms with Crippen LogP contribution >= 0.6 is 11.8 Å². The fraction of sp³-hybridized carbons (Fsp3) is 0.450. The lowest BCUT2D eigenvalue weighted by atomic mass is 10.0. The summed E-state index contributed by atoms with van der Waals surface area (Å²) < 4.78 is 0. The van der Waals surface area contributed by atoms with Gasteiger partial charge in [-0.15, -0.1) is 0 Å². The molecule has 28 heavy (non-hydrogen) atoms. The number of nitrogens with one attached hydrogen (secondary N) is 3. The summed E-state index contributed by atoms with van der Waals surface area (Å²) in [6.45, 7) is 0.418. The number of aromatic nitrogens is 1. The second kappa shape index (κ2) is 8.26. The number of fused-ring (bicyclic) bond motifs is 2. The number of benzene rings is 1. The lowest BCUT2D eigenvalue weighted by Gasteiger charge is -2.16. The van der Waals surface area contributed by atoms with Gasteiger partial charge in [0.05, 0.1) is 12.1 Å². The smallest absolute Gasteiger partial charge is 0.315 e. The first-order valence-electron chi connectivity index (χ1n) is 9.63. The molecule has 3 amide bonds. The quantitative estimate of drug-likeness (QED) is 0.422. The van der Waals surface area contributed by atoms with Crippen molar-refractivity contribution in [2.45, 2.75) is 49.6 Å². The number of pyridine rings is 1. The Balaban J connectivity index is 1.21. The second-order valence-corrected chi connectivity index (χ2v) is 8.56. The average molecular weight is 401 g/mol. The molecule has 0 unspecified atom stereocenters. The highest BCUT2D eigenvalue weighted by atomic mass is 32.2. The number of urea groups is 1. The first-order valence-corrected chi connectivity index (χ1v) is 10.7.